The minimum atomic E-state index is -0.324. The van der Waals surface area contributed by atoms with Crippen molar-refractivity contribution < 1.29 is 9.90 Å². The molecule has 1 aliphatic heterocycles. The number of H-pyrrole nitrogens is 1. The molecule has 22 heavy (non-hydrogen) atoms. The molecule has 2 rings (SSSR count). The van der Waals surface area contributed by atoms with Crippen LogP contribution in [0.2, 0.25) is 0 Å². The summed E-state index contributed by atoms with van der Waals surface area (Å²) in [7, 11) is 0. The van der Waals surface area contributed by atoms with Crippen molar-refractivity contribution in [2.75, 3.05) is 18.8 Å². The summed E-state index contributed by atoms with van der Waals surface area (Å²) >= 11 is 1.16. The summed E-state index contributed by atoms with van der Waals surface area (Å²) in [6.45, 7) is 5.44. The van der Waals surface area contributed by atoms with Gasteiger partial charge in [0, 0.05) is 13.1 Å². The van der Waals surface area contributed by atoms with E-state index in [0.717, 1.165) is 44.1 Å². The zero-order valence-corrected chi connectivity index (χ0v) is 13.9. The fourth-order valence-corrected chi connectivity index (χ4v) is 3.29. The van der Waals surface area contributed by atoms with E-state index in [4.69, 9.17) is 0 Å². The second kappa shape index (κ2) is 7.67. The number of aromatic amines is 1. The van der Waals surface area contributed by atoms with E-state index >= 15 is 0 Å². The lowest BCUT2D eigenvalue weighted by atomic mass is 10.0. The number of hydrogen-bond acceptors (Lipinski definition) is 5. The second-order valence-electron chi connectivity index (χ2n) is 5.65. The average Bonchev–Trinajstić information content (AvgIpc) is 2.52. The van der Waals surface area contributed by atoms with Crippen LogP contribution in [0.15, 0.2) is 9.95 Å². The van der Waals surface area contributed by atoms with Crippen LogP contribution in [0.1, 0.15) is 51.0 Å². The Labute approximate surface area is 134 Å². The number of carbonyl (C=O) groups excluding carboxylic acids is 1. The van der Waals surface area contributed by atoms with E-state index in [-0.39, 0.29) is 29.0 Å². The van der Waals surface area contributed by atoms with E-state index in [2.05, 4.69) is 9.97 Å². The van der Waals surface area contributed by atoms with E-state index in [9.17, 15) is 14.7 Å². The molecule has 0 aliphatic carbocycles. The maximum Gasteiger partial charge on any atom is 0.258 e. The highest BCUT2D eigenvalue weighted by molar-refractivity contribution is 7.99. The standard InChI is InChI=1S/C15H23N3O3S/c1-3-10(2)12-13(20)16-15(17-14(12)21)22-9-11(19)18-7-5-4-6-8-18/h10H,3-9H2,1-2H3,(H2,16,17,20,21). The van der Waals surface area contributed by atoms with Crippen molar-refractivity contribution >= 4 is 17.7 Å². The Hall–Kier alpha value is -1.50. The molecule has 122 valence electrons. The Kier molecular flexibility index (Phi) is 5.88. The van der Waals surface area contributed by atoms with E-state index < -0.39 is 0 Å². The van der Waals surface area contributed by atoms with Gasteiger partial charge in [0.1, 0.15) is 0 Å². The molecule has 2 heterocycles. The molecule has 1 aromatic heterocycles. The molecule has 7 heteroatoms. The largest absolute Gasteiger partial charge is 0.493 e. The van der Waals surface area contributed by atoms with Gasteiger partial charge in [0.2, 0.25) is 11.8 Å². The Morgan fingerprint density at radius 3 is 2.68 bits per heavy atom. The van der Waals surface area contributed by atoms with Crippen LogP contribution in [0, 0.1) is 0 Å². The van der Waals surface area contributed by atoms with E-state index in [0.29, 0.717) is 10.7 Å². The third kappa shape index (κ3) is 4.03. The number of nitrogens with zero attached hydrogens (tertiary/aromatic N) is 2. The molecular weight excluding hydrogens is 302 g/mol. The van der Waals surface area contributed by atoms with Crippen LogP contribution in [0.5, 0.6) is 5.88 Å². The van der Waals surface area contributed by atoms with Gasteiger partial charge in [0.25, 0.3) is 5.56 Å². The number of aromatic nitrogens is 2. The van der Waals surface area contributed by atoms with Gasteiger partial charge < -0.3 is 15.0 Å². The zero-order valence-electron chi connectivity index (χ0n) is 13.1. The van der Waals surface area contributed by atoms with Gasteiger partial charge in [-0.25, -0.2) is 0 Å². The smallest absolute Gasteiger partial charge is 0.258 e. The third-order valence-corrected chi connectivity index (χ3v) is 4.92. The summed E-state index contributed by atoms with van der Waals surface area (Å²) in [5.41, 5.74) is -0.0102. The summed E-state index contributed by atoms with van der Waals surface area (Å²) in [5.74, 6) is -0.000403. The predicted octanol–water partition coefficient (Wildman–Crippen LogP) is 2.09. The number of likely N-dealkylation sites (tertiary alicyclic amines) is 1. The maximum atomic E-state index is 12.1. The first-order valence-corrected chi connectivity index (χ1v) is 8.75. The van der Waals surface area contributed by atoms with Crippen molar-refractivity contribution in [2.45, 2.75) is 50.6 Å². The van der Waals surface area contributed by atoms with E-state index in [1.54, 1.807) is 0 Å². The van der Waals surface area contributed by atoms with Gasteiger partial charge in [-0.15, -0.1) is 0 Å². The van der Waals surface area contributed by atoms with Crippen LogP contribution < -0.4 is 5.56 Å². The first-order chi connectivity index (χ1) is 10.5. The number of piperidine rings is 1. The normalized spacial score (nSPS) is 16.5. The van der Waals surface area contributed by atoms with E-state index in [1.807, 2.05) is 18.7 Å². The Morgan fingerprint density at radius 2 is 2.09 bits per heavy atom. The van der Waals surface area contributed by atoms with Gasteiger partial charge in [-0.05, 0) is 31.6 Å². The number of amides is 1. The number of aromatic hydroxyl groups is 1. The number of rotatable bonds is 5. The van der Waals surface area contributed by atoms with Crippen LogP contribution in [-0.2, 0) is 4.79 Å². The molecule has 1 unspecified atom stereocenters. The van der Waals surface area contributed by atoms with Gasteiger partial charge in [0.05, 0.1) is 11.3 Å². The molecule has 1 atom stereocenters. The predicted molar refractivity (Wildman–Crippen MR) is 86.4 cm³/mol. The molecule has 6 nitrogen and oxygen atoms in total. The molecule has 0 bridgehead atoms. The van der Waals surface area contributed by atoms with Gasteiger partial charge in [-0.1, -0.05) is 25.6 Å². The highest BCUT2D eigenvalue weighted by Crippen LogP contribution is 2.24. The topological polar surface area (TPSA) is 86.3 Å². The first-order valence-electron chi connectivity index (χ1n) is 7.76. The minimum absolute atomic E-state index is 0.0507. The number of nitrogens with one attached hydrogen (secondary N) is 1. The summed E-state index contributed by atoms with van der Waals surface area (Å²) in [4.78, 5) is 32.6. The summed E-state index contributed by atoms with van der Waals surface area (Å²) in [6, 6.07) is 0. The molecule has 2 N–H and O–H groups in total. The highest BCUT2D eigenvalue weighted by atomic mass is 32.2. The fraction of sp³-hybridized carbons (Fsp3) is 0.667. The van der Waals surface area contributed by atoms with Crippen LogP contribution in [0.4, 0.5) is 0 Å². The SMILES string of the molecule is CCC(C)c1c(O)nc(SCC(=O)N2CCCCC2)[nH]c1=O. The molecule has 0 spiro atoms. The van der Waals surface area contributed by atoms with Crippen molar-refractivity contribution in [2.24, 2.45) is 0 Å². The summed E-state index contributed by atoms with van der Waals surface area (Å²) in [5, 5.41) is 10.2. The molecule has 1 saturated heterocycles. The van der Waals surface area contributed by atoms with Crippen molar-refractivity contribution in [3.05, 3.63) is 15.9 Å². The first kappa shape index (κ1) is 16.9. The second-order valence-corrected chi connectivity index (χ2v) is 6.61. The van der Waals surface area contributed by atoms with Crippen LogP contribution in [0.25, 0.3) is 0 Å². The zero-order chi connectivity index (χ0) is 16.1. The molecule has 1 amide bonds. The van der Waals surface area contributed by atoms with Crippen LogP contribution >= 0.6 is 11.8 Å². The fourth-order valence-electron chi connectivity index (χ4n) is 2.53. The molecular formula is C15H23N3O3S. The lowest BCUT2D eigenvalue weighted by Crippen LogP contribution is -2.36. The van der Waals surface area contributed by atoms with Crippen molar-refractivity contribution in [1.29, 1.82) is 0 Å². The van der Waals surface area contributed by atoms with Gasteiger partial charge in [-0.2, -0.15) is 4.98 Å². The summed E-state index contributed by atoms with van der Waals surface area (Å²) in [6.07, 6.45) is 4.03. The van der Waals surface area contributed by atoms with Gasteiger partial charge in [0.15, 0.2) is 5.16 Å². The Balaban J connectivity index is 2.01. The van der Waals surface area contributed by atoms with Gasteiger partial charge in [-0.3, -0.25) is 9.59 Å². The Bertz CT molecular complexity index is 582. The number of hydrogen-bond donors (Lipinski definition) is 2. The number of thioether (sulfide) groups is 1. The molecule has 1 aromatic rings. The van der Waals surface area contributed by atoms with E-state index in [1.165, 1.54) is 6.42 Å². The third-order valence-electron chi connectivity index (χ3n) is 4.06. The molecule has 0 aromatic carbocycles. The van der Waals surface area contributed by atoms with Crippen molar-refractivity contribution in [3.63, 3.8) is 0 Å². The van der Waals surface area contributed by atoms with Crippen molar-refractivity contribution in [1.82, 2.24) is 14.9 Å². The monoisotopic (exact) mass is 325 g/mol. The highest BCUT2D eigenvalue weighted by Gasteiger charge is 2.19. The van der Waals surface area contributed by atoms with Crippen LogP contribution in [-0.4, -0.2) is 44.7 Å². The van der Waals surface area contributed by atoms with Gasteiger partial charge >= 0.3 is 0 Å². The minimum Gasteiger partial charge on any atom is -0.493 e. The van der Waals surface area contributed by atoms with Crippen LogP contribution in [0.3, 0.4) is 0 Å². The average molecular weight is 325 g/mol. The lowest BCUT2D eigenvalue weighted by Gasteiger charge is -2.26. The Morgan fingerprint density at radius 1 is 1.41 bits per heavy atom. The molecule has 1 aliphatic rings. The number of carbonyl (C=O) groups is 1. The quantitative estimate of drug-likeness (QED) is 0.639. The molecule has 0 saturated carbocycles. The molecule has 1 fully saturated rings. The molecule has 0 radical (unpaired) electrons. The summed E-state index contributed by atoms with van der Waals surface area (Å²) < 4.78 is 0. The maximum absolute atomic E-state index is 12.1. The lowest BCUT2D eigenvalue weighted by molar-refractivity contribution is -0.129. The van der Waals surface area contributed by atoms with Crippen molar-refractivity contribution in [3.8, 4) is 5.88 Å².